The Bertz CT molecular complexity index is 869. The topological polar surface area (TPSA) is 55.1 Å². The highest BCUT2D eigenvalue weighted by molar-refractivity contribution is 5.71. The SMILES string of the molecule is CCOc1ccc(-c2ccc(OCc3ccccc3)nc2)c(C#N)c1. The summed E-state index contributed by atoms with van der Waals surface area (Å²) >= 11 is 0. The zero-order chi connectivity index (χ0) is 17.5. The Morgan fingerprint density at radius 1 is 1.00 bits per heavy atom. The van der Waals surface area contributed by atoms with Gasteiger partial charge < -0.3 is 9.47 Å². The Morgan fingerprint density at radius 3 is 2.52 bits per heavy atom. The van der Waals surface area contributed by atoms with Gasteiger partial charge in [0.1, 0.15) is 12.4 Å². The van der Waals surface area contributed by atoms with Crippen molar-refractivity contribution in [2.45, 2.75) is 13.5 Å². The molecule has 3 rings (SSSR count). The highest BCUT2D eigenvalue weighted by Crippen LogP contribution is 2.27. The number of rotatable bonds is 6. The van der Waals surface area contributed by atoms with Gasteiger partial charge in [0.2, 0.25) is 5.88 Å². The van der Waals surface area contributed by atoms with Crippen molar-refractivity contribution in [2.75, 3.05) is 6.61 Å². The Balaban J connectivity index is 1.75. The van der Waals surface area contributed by atoms with Gasteiger partial charge in [0.25, 0.3) is 0 Å². The molecule has 3 aromatic rings. The number of pyridine rings is 1. The van der Waals surface area contributed by atoms with Gasteiger partial charge >= 0.3 is 0 Å². The zero-order valence-electron chi connectivity index (χ0n) is 14.0. The average molecular weight is 330 g/mol. The molecule has 1 heterocycles. The van der Waals surface area contributed by atoms with E-state index in [4.69, 9.17) is 9.47 Å². The summed E-state index contributed by atoms with van der Waals surface area (Å²) in [6.07, 6.45) is 1.72. The van der Waals surface area contributed by atoms with Crippen LogP contribution in [0.1, 0.15) is 18.1 Å². The van der Waals surface area contributed by atoms with Crippen LogP contribution in [0.4, 0.5) is 0 Å². The molecule has 1 aromatic heterocycles. The first-order valence-corrected chi connectivity index (χ1v) is 8.10. The Hall–Kier alpha value is -3.32. The highest BCUT2D eigenvalue weighted by Gasteiger charge is 2.08. The van der Waals surface area contributed by atoms with Crippen LogP contribution < -0.4 is 9.47 Å². The number of nitrogens with zero attached hydrogens (tertiary/aromatic N) is 2. The molecule has 124 valence electrons. The number of aromatic nitrogens is 1. The molecule has 0 unspecified atom stereocenters. The summed E-state index contributed by atoms with van der Waals surface area (Å²) in [5, 5.41) is 9.39. The summed E-state index contributed by atoms with van der Waals surface area (Å²) in [7, 11) is 0. The van der Waals surface area contributed by atoms with E-state index in [1.165, 1.54) is 0 Å². The van der Waals surface area contributed by atoms with Crippen LogP contribution in [0.25, 0.3) is 11.1 Å². The van der Waals surface area contributed by atoms with Gasteiger partial charge in [-0.3, -0.25) is 0 Å². The predicted octanol–water partition coefficient (Wildman–Crippen LogP) is 4.60. The molecule has 4 nitrogen and oxygen atoms in total. The first-order valence-electron chi connectivity index (χ1n) is 8.10. The molecule has 0 saturated carbocycles. The van der Waals surface area contributed by atoms with Gasteiger partial charge in [0.15, 0.2) is 0 Å². The lowest BCUT2D eigenvalue weighted by Crippen LogP contribution is -1.97. The summed E-state index contributed by atoms with van der Waals surface area (Å²) in [5.41, 5.74) is 3.34. The van der Waals surface area contributed by atoms with Gasteiger partial charge in [-0.1, -0.05) is 30.3 Å². The molecule has 0 saturated heterocycles. The summed E-state index contributed by atoms with van der Waals surface area (Å²) in [6.45, 7) is 2.96. The van der Waals surface area contributed by atoms with E-state index in [0.29, 0.717) is 30.4 Å². The quantitative estimate of drug-likeness (QED) is 0.663. The molecule has 2 aromatic carbocycles. The first kappa shape index (κ1) is 16.5. The number of hydrogen-bond donors (Lipinski definition) is 0. The van der Waals surface area contributed by atoms with Crippen LogP contribution in [0.2, 0.25) is 0 Å². The molecule has 4 heteroatoms. The first-order chi connectivity index (χ1) is 12.3. The minimum absolute atomic E-state index is 0.472. The minimum Gasteiger partial charge on any atom is -0.494 e. The molecular weight excluding hydrogens is 312 g/mol. The molecule has 0 aliphatic heterocycles. The third-order valence-electron chi connectivity index (χ3n) is 3.70. The van der Waals surface area contributed by atoms with Crippen LogP contribution in [-0.2, 0) is 6.61 Å². The molecule has 0 atom stereocenters. The number of hydrogen-bond acceptors (Lipinski definition) is 4. The van der Waals surface area contributed by atoms with E-state index in [1.54, 1.807) is 12.3 Å². The smallest absolute Gasteiger partial charge is 0.213 e. The van der Waals surface area contributed by atoms with E-state index in [-0.39, 0.29) is 0 Å². The molecule has 25 heavy (non-hydrogen) atoms. The van der Waals surface area contributed by atoms with E-state index >= 15 is 0 Å². The second-order valence-electron chi connectivity index (χ2n) is 5.41. The van der Waals surface area contributed by atoms with Crippen LogP contribution in [0.3, 0.4) is 0 Å². The van der Waals surface area contributed by atoms with Gasteiger partial charge in [-0.05, 0) is 36.8 Å². The average Bonchev–Trinajstić information content (AvgIpc) is 2.68. The van der Waals surface area contributed by atoms with Gasteiger partial charge in [-0.25, -0.2) is 4.98 Å². The third kappa shape index (κ3) is 4.15. The highest BCUT2D eigenvalue weighted by atomic mass is 16.5. The second-order valence-corrected chi connectivity index (χ2v) is 5.41. The fourth-order valence-corrected chi connectivity index (χ4v) is 2.48. The molecule has 0 radical (unpaired) electrons. The predicted molar refractivity (Wildman–Crippen MR) is 96.3 cm³/mol. The van der Waals surface area contributed by atoms with Crippen molar-refractivity contribution in [3.63, 3.8) is 0 Å². The van der Waals surface area contributed by atoms with Gasteiger partial charge in [0, 0.05) is 23.4 Å². The maximum Gasteiger partial charge on any atom is 0.213 e. The van der Waals surface area contributed by atoms with Crippen molar-refractivity contribution in [3.05, 3.63) is 78.0 Å². The standard InChI is InChI=1S/C21H18N2O2/c1-2-24-19-9-10-20(18(12-19)13-22)17-8-11-21(23-14-17)25-15-16-6-4-3-5-7-16/h3-12,14H,2,15H2,1H3. The molecule has 0 aliphatic rings. The van der Waals surface area contributed by atoms with E-state index in [0.717, 1.165) is 16.7 Å². The number of benzene rings is 2. The van der Waals surface area contributed by atoms with Gasteiger partial charge in [0.05, 0.1) is 18.2 Å². The molecule has 0 bridgehead atoms. The number of nitriles is 1. The van der Waals surface area contributed by atoms with Crippen LogP contribution in [0, 0.1) is 11.3 Å². The largest absolute Gasteiger partial charge is 0.494 e. The van der Waals surface area contributed by atoms with Crippen molar-refractivity contribution in [3.8, 4) is 28.8 Å². The maximum absolute atomic E-state index is 9.39. The lowest BCUT2D eigenvalue weighted by molar-refractivity contribution is 0.294. The van der Waals surface area contributed by atoms with Crippen LogP contribution in [0.15, 0.2) is 66.9 Å². The maximum atomic E-state index is 9.39. The molecule has 0 fully saturated rings. The summed E-state index contributed by atoms with van der Waals surface area (Å²) in [6, 6.07) is 21.4. The zero-order valence-corrected chi connectivity index (χ0v) is 14.0. The van der Waals surface area contributed by atoms with Crippen molar-refractivity contribution in [2.24, 2.45) is 0 Å². The fraction of sp³-hybridized carbons (Fsp3) is 0.143. The minimum atomic E-state index is 0.472. The Labute approximate surface area is 147 Å². The van der Waals surface area contributed by atoms with Gasteiger partial charge in [-0.15, -0.1) is 0 Å². The Kier molecular flexibility index (Phi) is 5.28. The van der Waals surface area contributed by atoms with Crippen molar-refractivity contribution in [1.82, 2.24) is 4.98 Å². The van der Waals surface area contributed by atoms with Crippen molar-refractivity contribution in [1.29, 1.82) is 5.26 Å². The molecular formula is C21H18N2O2. The normalized spacial score (nSPS) is 10.1. The monoisotopic (exact) mass is 330 g/mol. The molecule has 0 N–H and O–H groups in total. The summed E-state index contributed by atoms with van der Waals surface area (Å²) in [4.78, 5) is 4.34. The van der Waals surface area contributed by atoms with Crippen LogP contribution in [-0.4, -0.2) is 11.6 Å². The van der Waals surface area contributed by atoms with E-state index < -0.39 is 0 Å². The number of ether oxygens (including phenoxy) is 2. The van der Waals surface area contributed by atoms with Crippen molar-refractivity contribution >= 4 is 0 Å². The van der Waals surface area contributed by atoms with Gasteiger partial charge in [-0.2, -0.15) is 5.26 Å². The third-order valence-corrected chi connectivity index (χ3v) is 3.70. The fourth-order valence-electron chi connectivity index (χ4n) is 2.48. The lowest BCUT2D eigenvalue weighted by atomic mass is 10.0. The van der Waals surface area contributed by atoms with Crippen LogP contribution in [0.5, 0.6) is 11.6 Å². The van der Waals surface area contributed by atoms with Crippen molar-refractivity contribution < 1.29 is 9.47 Å². The van der Waals surface area contributed by atoms with E-state index in [2.05, 4.69) is 11.1 Å². The molecule has 0 spiro atoms. The van der Waals surface area contributed by atoms with Crippen LogP contribution >= 0.6 is 0 Å². The summed E-state index contributed by atoms with van der Waals surface area (Å²) in [5.74, 6) is 1.25. The van der Waals surface area contributed by atoms with E-state index in [9.17, 15) is 5.26 Å². The van der Waals surface area contributed by atoms with E-state index in [1.807, 2.05) is 61.5 Å². The molecule has 0 aliphatic carbocycles. The Morgan fingerprint density at radius 2 is 1.84 bits per heavy atom. The second kappa shape index (κ2) is 7.98. The summed E-state index contributed by atoms with van der Waals surface area (Å²) < 4.78 is 11.1. The lowest BCUT2D eigenvalue weighted by Gasteiger charge is -2.09. The molecule has 0 amide bonds.